The fourth-order valence-corrected chi connectivity index (χ4v) is 18.2. The van der Waals surface area contributed by atoms with Gasteiger partial charge in [-0.05, 0) is 131 Å². The van der Waals surface area contributed by atoms with Crippen molar-refractivity contribution in [2.45, 2.75) is 233 Å². The van der Waals surface area contributed by atoms with E-state index in [1.165, 1.54) is 66.8 Å². The molecule has 0 saturated carbocycles. The first kappa shape index (κ1) is 105. The van der Waals surface area contributed by atoms with Gasteiger partial charge in [-0.15, -0.1) is 11.8 Å². The van der Waals surface area contributed by atoms with E-state index in [9.17, 15) is 58.8 Å². The number of amides is 16. The van der Waals surface area contributed by atoms with E-state index in [1.54, 1.807) is 60.9 Å². The fraction of sp³-hybridized carbons (Fsp3) is 0.511. The number of carbonyl (C=O) groups is 18. The molecular weight excluding hydrogens is 1800 g/mol. The molecule has 740 valence electrons. The molecule has 4 saturated heterocycles. The zero-order valence-corrected chi connectivity index (χ0v) is 77.7. The van der Waals surface area contributed by atoms with Crippen molar-refractivity contribution in [2.24, 2.45) is 17.2 Å². The number of aliphatic hydroxyl groups excluding tert-OH is 1. The van der Waals surface area contributed by atoms with Gasteiger partial charge in [-0.1, -0.05) is 88.1 Å². The SMILES string of the molecule is CCCC[C@H]1C(=O)N(C)[C@@H](CCCC)C(=O)N[C@@H](CCCN)C(=O)N[C@H](C(=O)NCC(N)=O)CSCC(=O)N/C(=C\c2ccc(O)cc2)C(=O)N2CCCCC2C(=O)N[C@@H](CC(=O)O)C(=O)N2CCC[C@H]2C(=O)N[C@@H](Cc2c[nH]cn2)C(=O)NC(CCC(=O)O)C(=O)N2C[C@H](O)CC2C(=O)N[C@@H](Cc2c[nH]c3ccccc23)C(=O)NC(CCN)C(=O)N[C@@H](Cc2c[nH]c3ccccc23)C(=O)N1C. The Hall–Kier alpha value is -13.8. The topological polar surface area (TPSA) is 663 Å². The second kappa shape index (κ2) is 50.7. The number of nitrogens with two attached hydrogens (primary N) is 3. The quantitative estimate of drug-likeness (QED) is 0.0269. The molecule has 3 aromatic heterocycles. The number of thioether (sulfide) groups is 1. The van der Waals surface area contributed by atoms with E-state index >= 15 is 47.9 Å². The molecule has 3 aromatic carbocycles. The van der Waals surface area contributed by atoms with Gasteiger partial charge < -0.3 is 130 Å². The Bertz CT molecular complexity index is 5360. The number of carboxylic acids is 2. The van der Waals surface area contributed by atoms with E-state index in [0.717, 1.165) is 26.5 Å². The van der Waals surface area contributed by atoms with Gasteiger partial charge in [0.2, 0.25) is 88.6 Å². The number of hydrogen-bond donors (Lipinski definition) is 20. The Labute approximate surface area is 793 Å². The largest absolute Gasteiger partial charge is 0.508 e. The summed E-state index contributed by atoms with van der Waals surface area (Å²) < 4.78 is 0. The lowest BCUT2D eigenvalue weighted by atomic mass is 9.99. The summed E-state index contributed by atoms with van der Waals surface area (Å²) in [7, 11) is 2.73. The van der Waals surface area contributed by atoms with E-state index in [1.807, 2.05) is 13.8 Å². The van der Waals surface area contributed by atoms with Crippen LogP contribution in [0.5, 0.6) is 5.75 Å². The molecule has 4 unspecified atom stereocenters. The average molecular weight is 1920 g/mol. The lowest BCUT2D eigenvalue weighted by Crippen LogP contribution is -2.61. The van der Waals surface area contributed by atoms with E-state index in [0.29, 0.717) is 71.5 Å². The predicted octanol–water partition coefficient (Wildman–Crippen LogP) is -1.71. The summed E-state index contributed by atoms with van der Waals surface area (Å²) >= 11 is 0.755. The smallest absolute Gasteiger partial charge is 0.305 e. The third kappa shape index (κ3) is 28.9. The summed E-state index contributed by atoms with van der Waals surface area (Å²) in [5.41, 5.74) is 19.9. The maximum Gasteiger partial charge on any atom is 0.305 e. The number of aliphatic hydroxyl groups is 1. The summed E-state index contributed by atoms with van der Waals surface area (Å²) in [5.74, 6) is -19.7. The van der Waals surface area contributed by atoms with Crippen molar-refractivity contribution in [2.75, 3.05) is 64.9 Å². The molecule has 45 heteroatoms. The first-order valence-corrected chi connectivity index (χ1v) is 47.2. The van der Waals surface area contributed by atoms with Gasteiger partial charge in [0, 0.05) is 112 Å². The van der Waals surface area contributed by atoms with Gasteiger partial charge in [0.25, 0.3) is 5.91 Å². The highest BCUT2D eigenvalue weighted by atomic mass is 32.2. The highest BCUT2D eigenvalue weighted by Crippen LogP contribution is 2.29. The summed E-state index contributed by atoms with van der Waals surface area (Å²) in [6.45, 7) is 1.77. The zero-order chi connectivity index (χ0) is 99.3. The number of H-pyrrole nitrogens is 3. The molecule has 6 aromatic rings. The molecular formula is C92H124N22O22S. The number of rotatable bonds is 26. The van der Waals surface area contributed by atoms with Crippen LogP contribution in [0, 0.1) is 0 Å². The molecule has 44 nitrogen and oxygen atoms in total. The third-order valence-corrected chi connectivity index (χ3v) is 25.7. The number of aliphatic carboxylic acids is 2. The monoisotopic (exact) mass is 1920 g/mol. The van der Waals surface area contributed by atoms with E-state index in [4.69, 9.17) is 17.2 Å². The maximum atomic E-state index is 15.8. The number of carbonyl (C=O) groups excluding carboxylic acids is 16. The second-order valence-electron chi connectivity index (χ2n) is 34.6. The van der Waals surface area contributed by atoms with Crippen LogP contribution in [0.1, 0.15) is 152 Å². The van der Waals surface area contributed by atoms with Crippen LogP contribution in [0.15, 0.2) is 103 Å². The molecule has 137 heavy (non-hydrogen) atoms. The van der Waals surface area contributed by atoms with Crippen molar-refractivity contribution in [1.82, 2.24) is 97.6 Å². The van der Waals surface area contributed by atoms with Crippen molar-refractivity contribution in [3.63, 3.8) is 0 Å². The summed E-state index contributed by atoms with van der Waals surface area (Å²) in [4.78, 5) is 283. The van der Waals surface area contributed by atoms with E-state index in [2.05, 4.69) is 73.1 Å². The number of likely N-dealkylation sites (N-methyl/N-ethyl adjacent to an activating group) is 2. The van der Waals surface area contributed by atoms with Crippen molar-refractivity contribution in [1.29, 1.82) is 0 Å². The van der Waals surface area contributed by atoms with Crippen molar-refractivity contribution in [3.05, 3.63) is 126 Å². The van der Waals surface area contributed by atoms with Gasteiger partial charge in [0.15, 0.2) is 0 Å². The average Bonchev–Trinajstić information content (AvgIpc) is 1.70. The number of hydrogen-bond acceptors (Lipinski definition) is 24. The fourth-order valence-electron chi connectivity index (χ4n) is 17.4. The van der Waals surface area contributed by atoms with Gasteiger partial charge in [-0.3, -0.25) is 86.3 Å². The molecule has 23 N–H and O–H groups in total. The number of fused-ring (bicyclic) bond motifs is 5. The number of aromatic nitrogens is 4. The van der Waals surface area contributed by atoms with Gasteiger partial charge in [-0.25, -0.2) is 4.98 Å². The minimum atomic E-state index is -1.93. The number of unbranched alkanes of at least 4 members (excludes halogenated alkanes) is 2. The first-order chi connectivity index (χ1) is 65.6. The normalized spacial score (nSPS) is 24.8. The zero-order valence-electron chi connectivity index (χ0n) is 76.9. The highest BCUT2D eigenvalue weighted by molar-refractivity contribution is 8.00. The van der Waals surface area contributed by atoms with Crippen LogP contribution >= 0.6 is 11.8 Å². The third-order valence-electron chi connectivity index (χ3n) is 24.7. The lowest BCUT2D eigenvalue weighted by Gasteiger charge is -2.36. The molecule has 7 heterocycles. The molecule has 14 atom stereocenters. The number of phenols is 1. The molecule has 0 spiro atoms. The standard InChI is InChI=1S/C92H124N22O22S/c1-5-7-22-70-84(128)103-61(21-15-33-93)80(124)109-69(79(123)99-46-75(95)117)48-137-49-76(118)101-66(37-51-26-28-55(115)29-27-51)90(134)112-35-14-13-24-71(112)86(130)108-68(42-78(121)122)91(135)113-36-16-25-72(113)85(129)106-65(40-54-45-96-50-100-54)83(127)104-63(30-31-77(119)120)89(133)114-47-56(116)41-74(114)87(131)105-64(38-52-43-97-59-19-11-9-17-57(52)59)82(126)102-62(32-34-94)81(125)107-67(39-53-44-98-60-20-12-10-18-58(53)60)88(132)111(4)73(23-8-6-2)92(136)110(70)3/h9-12,17-20,26-29,37,43-45,50,56,61-65,67-74,97-98,115-116H,5-8,13-16,21-25,30-36,38-42,46-49,93-94H2,1-4H3,(H2,95,117)(H,96,100)(H,99,123)(H,101,118)(H,102,126)(H,103,128)(H,104,127)(H,105,131)(H,106,129)(H,107,125)(H,108,130)(H,109,124)(H,119,120)(H,121,122)/b66-37-/t56-,61+,62?,63?,64+,65+,67+,68+,69+,70+,71?,72+,73+,74?/m1/s1. The lowest BCUT2D eigenvalue weighted by molar-refractivity contribution is -0.149. The number of aromatic hydroxyl groups is 1. The van der Waals surface area contributed by atoms with Gasteiger partial charge in [0.05, 0.1) is 36.8 Å². The molecule has 0 bridgehead atoms. The van der Waals surface area contributed by atoms with Crippen LogP contribution in [-0.4, -0.2) is 321 Å². The highest BCUT2D eigenvalue weighted by Gasteiger charge is 2.47. The van der Waals surface area contributed by atoms with Crippen LogP contribution < -0.4 is 70.4 Å². The molecule has 4 aliphatic rings. The number of benzene rings is 3. The van der Waals surface area contributed by atoms with E-state index in [-0.39, 0.29) is 107 Å². The number of para-hydroxylation sites is 2. The Morgan fingerprint density at radius 2 is 1.07 bits per heavy atom. The van der Waals surface area contributed by atoms with Crippen molar-refractivity contribution in [3.8, 4) is 5.75 Å². The first-order valence-electron chi connectivity index (χ1n) is 46.0. The van der Waals surface area contributed by atoms with Crippen LogP contribution in [0.4, 0.5) is 0 Å². The van der Waals surface area contributed by atoms with Crippen molar-refractivity contribution < 1.29 is 107 Å². The molecule has 4 aliphatic heterocycles. The Kier molecular flexibility index (Phi) is 38.9. The molecule has 16 amide bonds. The maximum absolute atomic E-state index is 15.8. The van der Waals surface area contributed by atoms with Gasteiger partial charge in [-0.2, -0.15) is 0 Å². The number of primary amides is 1. The molecule has 4 fully saturated rings. The number of aromatic amines is 3. The minimum Gasteiger partial charge on any atom is -0.508 e. The number of carboxylic acid groups (broad SMARTS) is 2. The van der Waals surface area contributed by atoms with Crippen LogP contribution in [0.25, 0.3) is 27.9 Å². The number of nitrogens with zero attached hydrogens (tertiary/aromatic N) is 6. The number of imidazole rings is 1. The van der Waals surface area contributed by atoms with Gasteiger partial charge in [0.1, 0.15) is 90.0 Å². The summed E-state index contributed by atoms with van der Waals surface area (Å²) in [5, 5.41) is 69.8. The van der Waals surface area contributed by atoms with Crippen LogP contribution in [0.3, 0.4) is 0 Å². The Balaban J connectivity index is 1.03. The number of nitrogens with one attached hydrogen (secondary N) is 13. The molecule has 10 rings (SSSR count). The second-order valence-corrected chi connectivity index (χ2v) is 35.7. The summed E-state index contributed by atoms with van der Waals surface area (Å²) in [6.07, 6.45) is 3.55. The molecule has 0 aliphatic carbocycles. The number of phenolic OH excluding ortho intramolecular Hbond substituents is 1. The Morgan fingerprint density at radius 3 is 1.69 bits per heavy atom. The van der Waals surface area contributed by atoms with E-state index < -0.39 is 253 Å². The predicted molar refractivity (Wildman–Crippen MR) is 499 cm³/mol. The number of piperidine rings is 1. The van der Waals surface area contributed by atoms with Crippen molar-refractivity contribution >= 4 is 146 Å². The Morgan fingerprint density at radius 1 is 0.533 bits per heavy atom. The minimum absolute atomic E-state index is 0.00384. The molecule has 0 radical (unpaired) electrons. The van der Waals surface area contributed by atoms with Crippen LogP contribution in [0.2, 0.25) is 0 Å². The summed E-state index contributed by atoms with van der Waals surface area (Å²) in [6, 6.07) is -1.30. The van der Waals surface area contributed by atoms with Crippen LogP contribution in [-0.2, 0) is 106 Å². The van der Waals surface area contributed by atoms with Gasteiger partial charge >= 0.3 is 11.9 Å².